The third-order valence-corrected chi connectivity index (χ3v) is 2.05. The van der Waals surface area contributed by atoms with E-state index < -0.39 is 5.78 Å². The molecule has 0 atom stereocenters. The number of hydrogen-bond donors (Lipinski definition) is 0. The molecular weight excluding hydrogens is 204 g/mol. The van der Waals surface area contributed by atoms with E-state index in [1.807, 2.05) is 0 Å². The van der Waals surface area contributed by atoms with Crippen molar-refractivity contribution in [3.8, 4) is 24.3 Å². The molecule has 0 amide bonds. The van der Waals surface area contributed by atoms with Gasteiger partial charge in [0.2, 0.25) is 0 Å². The van der Waals surface area contributed by atoms with E-state index in [2.05, 4.69) is 0 Å². The van der Waals surface area contributed by atoms with Crippen molar-refractivity contribution in [2.45, 2.75) is 6.92 Å². The van der Waals surface area contributed by atoms with E-state index in [0.717, 1.165) is 0 Å². The van der Waals surface area contributed by atoms with Gasteiger partial charge in [0.05, 0.1) is 30.2 Å². The predicted octanol–water partition coefficient (Wildman–Crippen LogP) is 0.556. The molecular formula is C11H3N4O. The van der Waals surface area contributed by atoms with Gasteiger partial charge in [-0.2, -0.15) is 21.0 Å². The predicted molar refractivity (Wildman–Crippen MR) is 49.3 cm³/mol. The van der Waals surface area contributed by atoms with Crippen molar-refractivity contribution in [2.75, 3.05) is 0 Å². The molecule has 1 aliphatic carbocycles. The van der Waals surface area contributed by atoms with Crippen LogP contribution in [0.3, 0.4) is 0 Å². The van der Waals surface area contributed by atoms with Gasteiger partial charge >= 0.3 is 0 Å². The van der Waals surface area contributed by atoms with Gasteiger partial charge in [0.1, 0.15) is 29.5 Å². The van der Waals surface area contributed by atoms with Gasteiger partial charge in [-0.25, -0.2) is 0 Å². The molecule has 0 N–H and O–H groups in total. The van der Waals surface area contributed by atoms with E-state index in [1.54, 1.807) is 24.3 Å². The second kappa shape index (κ2) is 4.43. The molecule has 1 saturated carbocycles. The molecule has 0 aromatic heterocycles. The van der Waals surface area contributed by atoms with Crippen molar-refractivity contribution >= 4 is 5.78 Å². The van der Waals surface area contributed by atoms with E-state index in [1.165, 1.54) is 6.92 Å². The topological polar surface area (TPSA) is 112 Å². The molecule has 5 radical (unpaired) electrons. The van der Waals surface area contributed by atoms with E-state index in [0.29, 0.717) is 0 Å². The average molecular weight is 207 g/mol. The first-order chi connectivity index (χ1) is 7.62. The summed E-state index contributed by atoms with van der Waals surface area (Å²) in [6, 6.07) is 6.70. The molecule has 0 spiro atoms. The zero-order valence-corrected chi connectivity index (χ0v) is 8.20. The van der Waals surface area contributed by atoms with Gasteiger partial charge in [0.25, 0.3) is 0 Å². The summed E-state index contributed by atoms with van der Waals surface area (Å²) >= 11 is 0. The second-order valence-corrected chi connectivity index (χ2v) is 2.88. The Labute approximate surface area is 93.1 Å². The first-order valence-corrected chi connectivity index (χ1v) is 4.10. The van der Waals surface area contributed by atoms with Gasteiger partial charge in [-0.15, -0.1) is 0 Å². The lowest BCUT2D eigenvalue weighted by Crippen LogP contribution is -2.17. The van der Waals surface area contributed by atoms with Crippen molar-refractivity contribution in [1.82, 2.24) is 0 Å². The van der Waals surface area contributed by atoms with Crippen LogP contribution in [0.1, 0.15) is 6.92 Å². The SMILES string of the molecule is CC(=O)[C]1[C](C#N)[C](C#N)[C](C#N)[C]1C#N. The molecule has 0 heterocycles. The Kier molecular flexibility index (Phi) is 3.24. The van der Waals surface area contributed by atoms with Crippen LogP contribution in [0, 0.1) is 74.9 Å². The molecule has 1 fully saturated rings. The number of nitrogens with zero attached hydrogens (tertiary/aromatic N) is 4. The maximum atomic E-state index is 11.3. The van der Waals surface area contributed by atoms with Gasteiger partial charge in [-0.05, 0) is 6.92 Å². The molecule has 1 rings (SSSR count). The summed E-state index contributed by atoms with van der Waals surface area (Å²) in [5, 5.41) is 35.3. The lowest BCUT2D eigenvalue weighted by atomic mass is 9.86. The third kappa shape index (κ3) is 1.50. The summed E-state index contributed by atoms with van der Waals surface area (Å²) in [6.07, 6.45) is 0. The maximum absolute atomic E-state index is 11.3. The van der Waals surface area contributed by atoms with Crippen LogP contribution in [0.15, 0.2) is 0 Å². The minimum Gasteiger partial charge on any atom is -0.299 e. The lowest BCUT2D eigenvalue weighted by molar-refractivity contribution is -0.114. The number of hydrogen-bond acceptors (Lipinski definition) is 5. The summed E-state index contributed by atoms with van der Waals surface area (Å²) in [6.45, 7) is 1.18. The Hall–Kier alpha value is -2.37. The zero-order chi connectivity index (χ0) is 12.3. The van der Waals surface area contributed by atoms with Crippen molar-refractivity contribution in [3.63, 3.8) is 0 Å². The number of carbonyl (C=O) groups excluding carboxylic acids is 1. The molecule has 1 aliphatic rings. The van der Waals surface area contributed by atoms with Crippen LogP contribution in [0.4, 0.5) is 0 Å². The number of ketones is 1. The van der Waals surface area contributed by atoms with Crippen LogP contribution >= 0.6 is 0 Å². The van der Waals surface area contributed by atoms with E-state index >= 15 is 0 Å². The number of Topliss-reactive ketones (excluding diaryl/α,β-unsaturated/α-hetero) is 1. The van der Waals surface area contributed by atoms with Crippen molar-refractivity contribution in [2.24, 2.45) is 0 Å². The summed E-state index contributed by atoms with van der Waals surface area (Å²) in [4.78, 5) is 11.3. The fraction of sp³-hybridized carbons (Fsp3) is 0.0909. The molecule has 5 heteroatoms. The number of carbonyl (C=O) groups is 1. The molecule has 0 unspecified atom stereocenters. The lowest BCUT2D eigenvalue weighted by Gasteiger charge is -2.09. The maximum Gasteiger partial charge on any atom is 0.140 e. The normalized spacial score (nSPS) is 19.6. The first kappa shape index (κ1) is 11.7. The number of rotatable bonds is 1. The Morgan fingerprint density at radius 2 is 1.12 bits per heavy atom. The first-order valence-electron chi connectivity index (χ1n) is 4.10. The van der Waals surface area contributed by atoms with Gasteiger partial charge in [0.15, 0.2) is 0 Å². The van der Waals surface area contributed by atoms with Crippen LogP contribution in [0.5, 0.6) is 0 Å². The average Bonchev–Trinajstić information content (AvgIpc) is 2.60. The van der Waals surface area contributed by atoms with E-state index in [4.69, 9.17) is 21.0 Å². The fourth-order valence-electron chi connectivity index (χ4n) is 1.42. The van der Waals surface area contributed by atoms with Crippen molar-refractivity contribution in [1.29, 1.82) is 21.0 Å². The highest BCUT2D eigenvalue weighted by Gasteiger charge is 2.57. The molecule has 73 valence electrons. The molecule has 0 aliphatic heterocycles. The Morgan fingerprint density at radius 1 is 0.812 bits per heavy atom. The van der Waals surface area contributed by atoms with Gasteiger partial charge in [0, 0.05) is 0 Å². The van der Waals surface area contributed by atoms with E-state index in [9.17, 15) is 4.79 Å². The summed E-state index contributed by atoms with van der Waals surface area (Å²) in [5.74, 6) is -1.44. The van der Waals surface area contributed by atoms with Gasteiger partial charge in [-0.1, -0.05) is 0 Å². The van der Waals surface area contributed by atoms with Crippen LogP contribution in [0.25, 0.3) is 0 Å². The smallest absolute Gasteiger partial charge is 0.140 e. The van der Waals surface area contributed by atoms with Crippen LogP contribution in [0.2, 0.25) is 0 Å². The Bertz CT molecular complexity index is 432. The standard InChI is InChI=1S/C11H3N4O/c1-6(16)11-9(4-14)7(2-12)8(3-13)10(11)5-15/h1H3. The van der Waals surface area contributed by atoms with Gasteiger partial charge < -0.3 is 0 Å². The summed E-state index contributed by atoms with van der Waals surface area (Å²) in [7, 11) is 0. The van der Waals surface area contributed by atoms with Crippen LogP contribution in [-0.2, 0) is 4.79 Å². The minimum absolute atomic E-state index is 0.141. The fourth-order valence-corrected chi connectivity index (χ4v) is 1.42. The van der Waals surface area contributed by atoms with Crippen molar-refractivity contribution < 1.29 is 4.79 Å². The van der Waals surface area contributed by atoms with Crippen molar-refractivity contribution in [3.05, 3.63) is 29.6 Å². The molecule has 0 bridgehead atoms. The van der Waals surface area contributed by atoms with E-state index in [-0.39, 0.29) is 29.6 Å². The highest BCUT2D eigenvalue weighted by molar-refractivity contribution is 6.04. The monoisotopic (exact) mass is 207 g/mol. The highest BCUT2D eigenvalue weighted by atomic mass is 16.1. The summed E-state index contributed by atoms with van der Waals surface area (Å²) < 4.78 is 0. The third-order valence-electron chi connectivity index (χ3n) is 2.05. The molecule has 0 aromatic rings. The summed E-state index contributed by atoms with van der Waals surface area (Å²) in [5.41, 5.74) is 0. The second-order valence-electron chi connectivity index (χ2n) is 2.88. The Balaban J connectivity index is 3.27. The van der Waals surface area contributed by atoms with Crippen LogP contribution in [-0.4, -0.2) is 5.78 Å². The minimum atomic E-state index is -0.508. The highest BCUT2D eigenvalue weighted by Crippen LogP contribution is 2.52. The Morgan fingerprint density at radius 3 is 1.31 bits per heavy atom. The molecule has 0 saturated heterocycles. The van der Waals surface area contributed by atoms with Gasteiger partial charge in [-0.3, -0.25) is 4.79 Å². The zero-order valence-electron chi connectivity index (χ0n) is 8.20. The molecule has 0 aromatic carbocycles. The van der Waals surface area contributed by atoms with Crippen LogP contribution < -0.4 is 0 Å². The number of nitriles is 4. The molecule has 5 nitrogen and oxygen atoms in total. The molecule has 16 heavy (non-hydrogen) atoms. The largest absolute Gasteiger partial charge is 0.299 e. The quantitative estimate of drug-likeness (QED) is 0.623.